The number of hydrogen-bond acceptors (Lipinski definition) is 13. The van der Waals surface area contributed by atoms with Crippen LogP contribution in [0.4, 0.5) is 16.3 Å². The minimum Gasteiger partial charge on any atom is -0.391 e. The highest BCUT2D eigenvalue weighted by Crippen LogP contribution is 2.32. The number of amides is 5. The van der Waals surface area contributed by atoms with Crippen LogP contribution in [0.3, 0.4) is 0 Å². The van der Waals surface area contributed by atoms with Gasteiger partial charge in [-0.05, 0) is 84.5 Å². The summed E-state index contributed by atoms with van der Waals surface area (Å²) in [6, 6.07) is 29.5. The van der Waals surface area contributed by atoms with Crippen LogP contribution in [-0.2, 0) is 43.5 Å². The van der Waals surface area contributed by atoms with Crippen molar-refractivity contribution >= 4 is 46.6 Å². The molecule has 0 radical (unpaired) electrons. The Morgan fingerprint density at radius 2 is 1.55 bits per heavy atom. The number of hydrogen-bond donors (Lipinski definition) is 5. The van der Waals surface area contributed by atoms with Crippen molar-refractivity contribution in [3.05, 3.63) is 137 Å². The molecule has 3 aromatic carbocycles. The monoisotopic (exact) mass is 1050 g/mol. The molecule has 4 heterocycles. The highest BCUT2D eigenvalue weighted by Gasteiger charge is 2.44. The van der Waals surface area contributed by atoms with E-state index in [1.165, 1.54) is 4.90 Å². The molecule has 76 heavy (non-hydrogen) atoms. The Kier molecular flexibility index (Phi) is 18.6. The predicted molar refractivity (Wildman–Crippen MR) is 291 cm³/mol. The molecule has 0 bridgehead atoms. The van der Waals surface area contributed by atoms with Crippen LogP contribution in [0.5, 0.6) is 0 Å². The van der Waals surface area contributed by atoms with Gasteiger partial charge in [0.2, 0.25) is 17.7 Å². The number of aliphatic hydroxyl groups excluding tert-OH is 1. The van der Waals surface area contributed by atoms with E-state index in [9.17, 15) is 24.3 Å². The first kappa shape index (κ1) is 54.8. The van der Waals surface area contributed by atoms with Crippen LogP contribution in [0.1, 0.15) is 75.3 Å². The number of nitrogens with one attached hydrogen (secondary N) is 4. The smallest absolute Gasteiger partial charge is 0.322 e. The third-order valence-electron chi connectivity index (χ3n) is 13.7. The highest BCUT2D eigenvalue weighted by atomic mass is 32.1. The maximum atomic E-state index is 14.0. The van der Waals surface area contributed by atoms with Crippen molar-refractivity contribution in [3.63, 3.8) is 0 Å². The average molecular weight is 1050 g/mol. The van der Waals surface area contributed by atoms with Gasteiger partial charge in [0.25, 0.3) is 0 Å². The molecule has 1 saturated carbocycles. The van der Waals surface area contributed by atoms with Crippen LogP contribution < -0.4 is 26.2 Å². The number of carbonyl (C=O) groups is 4. The number of aliphatic hydroxyl groups is 1. The number of thiazole rings is 1. The van der Waals surface area contributed by atoms with Crippen LogP contribution >= 0.6 is 11.3 Å². The lowest BCUT2D eigenvalue weighted by molar-refractivity contribution is -0.144. The van der Waals surface area contributed by atoms with Gasteiger partial charge in [0.15, 0.2) is 0 Å². The molecule has 1 aliphatic heterocycles. The molecule has 6 aromatic rings. The maximum Gasteiger partial charge on any atom is 0.322 e. The van der Waals surface area contributed by atoms with Crippen molar-refractivity contribution in [3.8, 4) is 27.6 Å². The number of ether oxygens (including phenoxy) is 2. The molecule has 0 spiro atoms. The van der Waals surface area contributed by atoms with Crippen LogP contribution in [0, 0.1) is 23.7 Å². The zero-order valence-corrected chi connectivity index (χ0v) is 44.3. The van der Waals surface area contributed by atoms with Crippen molar-refractivity contribution in [2.45, 2.75) is 110 Å². The van der Waals surface area contributed by atoms with Crippen LogP contribution in [0.2, 0.25) is 0 Å². The fourth-order valence-corrected chi connectivity index (χ4v) is 10.4. The first-order valence-corrected chi connectivity index (χ1v) is 26.7. The SMILES string of the molecule is Cc1ncsc1-c1ccc(CNC(=O)[C@@H]2C[C@@H](O)CN2C(=O)[C@@H](NC(=O)COCCOCCn2cc(-c3ccc(N(C(=O)NCc4ccccc4)C4CCC(Nc5ccc(C#N)cn5)CC4)cc3)cn2)C(C)(C)C)cc1. The standard InChI is InChI=1S/C57H67N11O7S/c1-38-52(76-37-62-38)43-13-10-40(11-14-43)30-60-54(71)49-28-48(69)35-67(49)55(72)53(57(2,3)4)65-51(70)36-75-27-26-74-25-24-66-34-44(33-63-66)42-15-19-46(20-16-42)68(56(73)61-31-39-8-6-5-7-9-39)47-21-17-45(18-22-47)64-50-23-12-41(29-58)32-59-50/h5-16,19-20,23,32-34,37,45,47-49,53,69H,17-18,21-22,24-28,30-31,35-36H2,1-4H3,(H,59,64)(H,60,71)(H,61,73)(H,65,70)/t45?,47?,48-,49+,53-/m1/s1. The van der Waals surface area contributed by atoms with E-state index in [1.807, 2.05) is 129 Å². The number of pyridine rings is 1. The summed E-state index contributed by atoms with van der Waals surface area (Å²) in [5, 5.41) is 36.7. The van der Waals surface area contributed by atoms with Gasteiger partial charge in [-0.25, -0.2) is 14.8 Å². The lowest BCUT2D eigenvalue weighted by Gasteiger charge is -2.37. The van der Waals surface area contributed by atoms with Gasteiger partial charge < -0.3 is 40.7 Å². The summed E-state index contributed by atoms with van der Waals surface area (Å²) in [6.07, 6.45) is 7.81. The zero-order valence-electron chi connectivity index (χ0n) is 43.5. The molecule has 8 rings (SSSR count). The third-order valence-corrected chi connectivity index (χ3v) is 14.7. The molecule has 19 heteroatoms. The Balaban J connectivity index is 0.768. The summed E-state index contributed by atoms with van der Waals surface area (Å²) in [5.41, 5.74) is 8.19. The number of urea groups is 1. The summed E-state index contributed by atoms with van der Waals surface area (Å²) in [4.78, 5) is 67.7. The second-order valence-electron chi connectivity index (χ2n) is 20.4. The summed E-state index contributed by atoms with van der Waals surface area (Å²) in [5.74, 6) is -0.583. The van der Waals surface area contributed by atoms with Gasteiger partial charge >= 0.3 is 6.03 Å². The van der Waals surface area contributed by atoms with Gasteiger partial charge in [0, 0.05) is 61.8 Å². The van der Waals surface area contributed by atoms with Gasteiger partial charge in [0.05, 0.1) is 60.3 Å². The van der Waals surface area contributed by atoms with Crippen LogP contribution in [0.15, 0.2) is 115 Å². The minimum atomic E-state index is -0.980. The Labute approximate surface area is 447 Å². The maximum absolute atomic E-state index is 14.0. The molecule has 1 aliphatic carbocycles. The first-order chi connectivity index (χ1) is 36.7. The summed E-state index contributed by atoms with van der Waals surface area (Å²) >= 11 is 1.57. The normalized spacial score (nSPS) is 17.8. The van der Waals surface area contributed by atoms with Gasteiger partial charge in [0.1, 0.15) is 30.6 Å². The molecule has 3 atom stereocenters. The van der Waals surface area contributed by atoms with Crippen LogP contribution in [0.25, 0.3) is 21.6 Å². The number of aromatic nitrogens is 4. The number of nitrogens with zero attached hydrogens (tertiary/aromatic N) is 7. The molecule has 18 nitrogen and oxygen atoms in total. The number of rotatable bonds is 21. The Morgan fingerprint density at radius 1 is 0.842 bits per heavy atom. The fraction of sp³-hybridized carbons (Fsp3) is 0.404. The quantitative estimate of drug-likeness (QED) is 0.0450. The number of carbonyl (C=O) groups excluding carboxylic acids is 4. The molecule has 5 N–H and O–H groups in total. The zero-order chi connectivity index (χ0) is 53.6. The van der Waals surface area contributed by atoms with E-state index >= 15 is 0 Å². The summed E-state index contributed by atoms with van der Waals surface area (Å²) in [6.45, 7) is 8.99. The Bertz CT molecular complexity index is 2910. The lowest BCUT2D eigenvalue weighted by atomic mass is 9.85. The molecular weight excluding hydrogens is 983 g/mol. The fourth-order valence-electron chi connectivity index (χ4n) is 9.56. The van der Waals surface area contributed by atoms with Crippen molar-refractivity contribution in [2.24, 2.45) is 5.41 Å². The largest absolute Gasteiger partial charge is 0.391 e. The van der Waals surface area contributed by atoms with E-state index in [0.717, 1.165) is 75.6 Å². The number of anilines is 2. The Morgan fingerprint density at radius 3 is 2.24 bits per heavy atom. The van der Waals surface area contributed by atoms with E-state index in [2.05, 4.69) is 42.4 Å². The topological polar surface area (TPSA) is 229 Å². The number of aryl methyl sites for hydroxylation is 1. The van der Waals surface area contributed by atoms with E-state index < -0.39 is 35.4 Å². The van der Waals surface area contributed by atoms with Crippen molar-refractivity contribution < 1.29 is 33.8 Å². The second kappa shape index (κ2) is 25.8. The highest BCUT2D eigenvalue weighted by molar-refractivity contribution is 7.13. The molecule has 398 valence electrons. The number of nitriles is 1. The Hall–Kier alpha value is -7.50. The van der Waals surface area contributed by atoms with Crippen molar-refractivity contribution in [1.29, 1.82) is 5.26 Å². The molecule has 0 unspecified atom stereocenters. The lowest BCUT2D eigenvalue weighted by Crippen LogP contribution is -2.58. The second-order valence-corrected chi connectivity index (χ2v) is 21.2. The van der Waals surface area contributed by atoms with E-state index in [0.29, 0.717) is 25.3 Å². The molecule has 3 aromatic heterocycles. The van der Waals surface area contributed by atoms with Crippen molar-refractivity contribution in [1.82, 2.24) is 40.6 Å². The first-order valence-electron chi connectivity index (χ1n) is 25.8. The van der Waals surface area contributed by atoms with E-state index in [1.54, 1.807) is 34.5 Å². The average Bonchev–Trinajstić information content (AvgIpc) is 4.20. The molecule has 1 saturated heterocycles. The van der Waals surface area contributed by atoms with Gasteiger partial charge in [-0.15, -0.1) is 11.3 Å². The third kappa shape index (κ3) is 14.7. The van der Waals surface area contributed by atoms with Gasteiger partial charge in [-0.2, -0.15) is 10.4 Å². The molecule has 5 amide bonds. The van der Waals surface area contributed by atoms with E-state index in [4.69, 9.17) is 14.7 Å². The van der Waals surface area contributed by atoms with Crippen molar-refractivity contribution in [2.75, 3.05) is 43.2 Å². The van der Waals surface area contributed by atoms with E-state index in [-0.39, 0.29) is 63.4 Å². The molecule has 2 aliphatic rings. The molecular formula is C57H67N11O7S. The number of benzene rings is 3. The number of β-amino-alcohol motifs (C(OH)–C–C–N with tert-alkyl or cyclic N) is 1. The minimum absolute atomic E-state index is 0.0102. The molecule has 2 fully saturated rings. The van der Waals surface area contributed by atoms with Crippen LogP contribution in [-0.4, -0.2) is 117 Å². The number of likely N-dealkylation sites (tertiary alicyclic amines) is 1. The summed E-state index contributed by atoms with van der Waals surface area (Å²) < 4.78 is 13.2. The summed E-state index contributed by atoms with van der Waals surface area (Å²) in [7, 11) is 0. The van der Waals surface area contributed by atoms with Gasteiger partial charge in [-0.1, -0.05) is 87.5 Å². The predicted octanol–water partition coefficient (Wildman–Crippen LogP) is 7.23. The van der Waals surface area contributed by atoms with Gasteiger partial charge in [-0.3, -0.25) is 24.0 Å².